The Hall–Kier alpha value is -2.64. The highest BCUT2D eigenvalue weighted by molar-refractivity contribution is 7.89. The topological polar surface area (TPSA) is 126 Å². The van der Waals surface area contributed by atoms with Gasteiger partial charge in [-0.05, 0) is 56.7 Å². The molecule has 0 bridgehead atoms. The third-order valence-electron chi connectivity index (χ3n) is 5.98. The summed E-state index contributed by atoms with van der Waals surface area (Å²) >= 11 is 0. The second-order valence-corrected chi connectivity index (χ2v) is 10.1. The Labute approximate surface area is 188 Å². The van der Waals surface area contributed by atoms with E-state index in [0.717, 1.165) is 38.5 Å². The summed E-state index contributed by atoms with van der Waals surface area (Å²) in [6.07, 6.45) is 6.39. The van der Waals surface area contributed by atoms with Gasteiger partial charge in [0.15, 0.2) is 6.61 Å². The Balaban J connectivity index is 1.72. The van der Waals surface area contributed by atoms with E-state index in [2.05, 4.69) is 11.4 Å². The Morgan fingerprint density at radius 1 is 1.12 bits per heavy atom. The second kappa shape index (κ2) is 10.3. The fourth-order valence-electron chi connectivity index (χ4n) is 4.19. The second-order valence-electron chi connectivity index (χ2n) is 8.21. The predicted molar refractivity (Wildman–Crippen MR) is 115 cm³/mol. The minimum absolute atomic E-state index is 0.0222. The third kappa shape index (κ3) is 5.40. The summed E-state index contributed by atoms with van der Waals surface area (Å²) in [7, 11) is -2.41. The van der Waals surface area contributed by atoms with E-state index in [1.165, 1.54) is 29.6 Å². The maximum Gasteiger partial charge on any atom is 0.342 e. The summed E-state index contributed by atoms with van der Waals surface area (Å²) in [4.78, 5) is 24.9. The van der Waals surface area contributed by atoms with Crippen molar-refractivity contribution in [3.63, 3.8) is 0 Å². The molecule has 0 unspecified atom stereocenters. The molecule has 1 aliphatic carbocycles. The number of sulfonamides is 1. The minimum atomic E-state index is -3.77. The Morgan fingerprint density at radius 3 is 2.38 bits per heavy atom. The van der Waals surface area contributed by atoms with Crippen molar-refractivity contribution in [3.8, 4) is 11.8 Å². The molecule has 1 heterocycles. The van der Waals surface area contributed by atoms with Gasteiger partial charge in [-0.3, -0.25) is 4.79 Å². The molecule has 1 N–H and O–H groups in total. The Kier molecular flexibility index (Phi) is 7.74. The highest BCUT2D eigenvalue weighted by Crippen LogP contribution is 2.29. The van der Waals surface area contributed by atoms with E-state index in [4.69, 9.17) is 9.47 Å². The lowest BCUT2D eigenvalue weighted by Gasteiger charge is -2.22. The van der Waals surface area contributed by atoms with Crippen LogP contribution in [0.25, 0.3) is 0 Å². The first-order chi connectivity index (χ1) is 15.3. The molecule has 32 heavy (non-hydrogen) atoms. The highest BCUT2D eigenvalue weighted by Gasteiger charge is 2.35. The fourth-order valence-corrected chi connectivity index (χ4v) is 5.74. The van der Waals surface area contributed by atoms with Gasteiger partial charge in [-0.25, -0.2) is 13.2 Å². The summed E-state index contributed by atoms with van der Waals surface area (Å²) in [5.74, 6) is -1.30. The van der Waals surface area contributed by atoms with Crippen molar-refractivity contribution in [2.24, 2.45) is 0 Å². The maximum absolute atomic E-state index is 13.1. The first kappa shape index (κ1) is 24.0. The molecule has 0 spiro atoms. The SMILES string of the molecule is COc1ccc(S(=O)(=O)N2CCCCCC2)cc1C(=O)OCC(=O)NC1(C#N)CCCC1. The number of methoxy groups -OCH3 is 1. The molecule has 1 saturated heterocycles. The number of nitriles is 1. The van der Waals surface area contributed by atoms with Crippen molar-refractivity contribution in [1.82, 2.24) is 9.62 Å². The van der Waals surface area contributed by atoms with Gasteiger partial charge < -0.3 is 14.8 Å². The summed E-state index contributed by atoms with van der Waals surface area (Å²) in [6, 6.07) is 6.18. The Morgan fingerprint density at radius 2 is 1.78 bits per heavy atom. The molecule has 1 aliphatic heterocycles. The number of amides is 1. The van der Waals surface area contributed by atoms with Gasteiger partial charge in [0.25, 0.3) is 5.91 Å². The zero-order valence-electron chi connectivity index (χ0n) is 18.3. The van der Waals surface area contributed by atoms with Gasteiger partial charge in [0, 0.05) is 13.1 Å². The number of esters is 1. The quantitative estimate of drug-likeness (QED) is 0.615. The number of nitrogens with one attached hydrogen (secondary N) is 1. The largest absolute Gasteiger partial charge is 0.496 e. The van der Waals surface area contributed by atoms with Crippen LogP contribution >= 0.6 is 0 Å². The molecular formula is C22H29N3O6S. The van der Waals surface area contributed by atoms with Gasteiger partial charge >= 0.3 is 5.97 Å². The number of benzene rings is 1. The Bertz CT molecular complexity index is 987. The van der Waals surface area contributed by atoms with E-state index in [0.29, 0.717) is 25.9 Å². The van der Waals surface area contributed by atoms with Crippen LogP contribution in [0.1, 0.15) is 61.7 Å². The van der Waals surface area contributed by atoms with Crippen LogP contribution in [0.5, 0.6) is 5.75 Å². The van der Waals surface area contributed by atoms with Crippen molar-refractivity contribution in [2.75, 3.05) is 26.8 Å². The fraction of sp³-hybridized carbons (Fsp3) is 0.591. The van der Waals surface area contributed by atoms with E-state index in [1.807, 2.05) is 0 Å². The molecule has 1 aromatic carbocycles. The molecule has 9 nitrogen and oxygen atoms in total. The van der Waals surface area contributed by atoms with Crippen LogP contribution in [0.3, 0.4) is 0 Å². The van der Waals surface area contributed by atoms with Crippen molar-refractivity contribution >= 4 is 21.9 Å². The molecule has 1 saturated carbocycles. The molecule has 3 rings (SSSR count). The molecule has 10 heteroatoms. The zero-order valence-corrected chi connectivity index (χ0v) is 19.1. The molecule has 0 radical (unpaired) electrons. The number of rotatable bonds is 7. The lowest BCUT2D eigenvalue weighted by Crippen LogP contribution is -2.46. The van der Waals surface area contributed by atoms with Crippen LogP contribution in [0.4, 0.5) is 0 Å². The van der Waals surface area contributed by atoms with Crippen LogP contribution in [0.2, 0.25) is 0 Å². The zero-order chi connectivity index (χ0) is 23.2. The number of carbonyl (C=O) groups is 2. The van der Waals surface area contributed by atoms with Gasteiger partial charge in [-0.2, -0.15) is 9.57 Å². The molecule has 1 amide bonds. The lowest BCUT2D eigenvalue weighted by atomic mass is 10.00. The van der Waals surface area contributed by atoms with Gasteiger partial charge in [0.2, 0.25) is 10.0 Å². The molecule has 1 aromatic rings. The highest BCUT2D eigenvalue weighted by atomic mass is 32.2. The maximum atomic E-state index is 13.1. The summed E-state index contributed by atoms with van der Waals surface area (Å²) < 4.78 is 37.9. The van der Waals surface area contributed by atoms with Gasteiger partial charge in [-0.15, -0.1) is 0 Å². The van der Waals surface area contributed by atoms with Crippen molar-refractivity contribution < 1.29 is 27.5 Å². The monoisotopic (exact) mass is 463 g/mol. The molecule has 0 aromatic heterocycles. The average molecular weight is 464 g/mol. The molecule has 2 fully saturated rings. The summed E-state index contributed by atoms with van der Waals surface area (Å²) in [5, 5.41) is 12.0. The minimum Gasteiger partial charge on any atom is -0.496 e. The normalized spacial score (nSPS) is 18.9. The van der Waals surface area contributed by atoms with E-state index in [1.54, 1.807) is 0 Å². The number of hydrogen-bond acceptors (Lipinski definition) is 7. The first-order valence-corrected chi connectivity index (χ1v) is 12.3. The summed E-state index contributed by atoms with van der Waals surface area (Å²) in [6.45, 7) is 0.304. The number of hydrogen-bond donors (Lipinski definition) is 1. The number of ether oxygens (including phenoxy) is 2. The number of carbonyl (C=O) groups excluding carboxylic acids is 2. The van der Waals surface area contributed by atoms with Gasteiger partial charge in [-0.1, -0.05) is 12.8 Å². The average Bonchev–Trinajstić information content (AvgIpc) is 3.08. The van der Waals surface area contributed by atoms with Crippen LogP contribution in [0.15, 0.2) is 23.1 Å². The lowest BCUT2D eigenvalue weighted by molar-refractivity contribution is -0.125. The first-order valence-electron chi connectivity index (χ1n) is 10.9. The third-order valence-corrected chi connectivity index (χ3v) is 7.87. The van der Waals surface area contributed by atoms with Gasteiger partial charge in [0.05, 0.1) is 18.1 Å². The standard InChI is InChI=1S/C22H29N3O6S/c1-30-19-9-8-17(32(28,29)25-12-6-2-3-7-13-25)14-18(19)21(27)31-15-20(26)24-22(16-23)10-4-5-11-22/h8-9,14H,2-7,10-13,15H2,1H3,(H,24,26). The van der Waals surface area contributed by atoms with Crippen LogP contribution < -0.4 is 10.1 Å². The molecule has 2 aliphatic rings. The van der Waals surface area contributed by atoms with E-state index in [-0.39, 0.29) is 16.2 Å². The molecular weight excluding hydrogens is 434 g/mol. The van der Waals surface area contributed by atoms with Crippen LogP contribution in [0, 0.1) is 11.3 Å². The smallest absolute Gasteiger partial charge is 0.342 e. The van der Waals surface area contributed by atoms with Crippen LogP contribution in [-0.4, -0.2) is 56.9 Å². The number of nitrogens with zero attached hydrogens (tertiary/aromatic N) is 2. The molecule has 174 valence electrons. The predicted octanol–water partition coefficient (Wildman–Crippen LogP) is 2.37. The van der Waals surface area contributed by atoms with Crippen molar-refractivity contribution in [1.29, 1.82) is 5.26 Å². The van der Waals surface area contributed by atoms with E-state index >= 15 is 0 Å². The summed E-state index contributed by atoms with van der Waals surface area (Å²) in [5.41, 5.74) is -0.991. The van der Waals surface area contributed by atoms with E-state index in [9.17, 15) is 23.3 Å². The van der Waals surface area contributed by atoms with E-state index < -0.39 is 34.0 Å². The molecule has 0 atom stereocenters. The van der Waals surface area contributed by atoms with Crippen LogP contribution in [-0.2, 0) is 19.6 Å². The van der Waals surface area contributed by atoms with Crippen molar-refractivity contribution in [2.45, 2.75) is 61.8 Å². The van der Waals surface area contributed by atoms with Crippen molar-refractivity contribution in [3.05, 3.63) is 23.8 Å². The van der Waals surface area contributed by atoms with Gasteiger partial charge in [0.1, 0.15) is 16.9 Å².